The predicted octanol–water partition coefficient (Wildman–Crippen LogP) is 1.00. The van der Waals surface area contributed by atoms with Crippen LogP contribution in [-0.2, 0) is 4.79 Å². The van der Waals surface area contributed by atoms with E-state index in [0.717, 1.165) is 0 Å². The van der Waals surface area contributed by atoms with E-state index >= 15 is 0 Å². The van der Waals surface area contributed by atoms with Gasteiger partial charge >= 0.3 is 0 Å². The number of halogens is 1. The zero-order chi connectivity index (χ0) is 8.69. The Morgan fingerprint density at radius 2 is 2.36 bits per heavy atom. The molecule has 1 atom stereocenters. The number of alkyl halides is 1. The molecule has 0 rings (SSSR count). The van der Waals surface area contributed by atoms with Gasteiger partial charge in [-0.3, -0.25) is 4.79 Å². The van der Waals surface area contributed by atoms with Gasteiger partial charge in [0, 0.05) is 11.8 Å². The molecule has 0 aromatic heterocycles. The molecule has 0 saturated carbocycles. The molecule has 0 saturated heterocycles. The summed E-state index contributed by atoms with van der Waals surface area (Å²) in [6.07, 6.45) is 0. The molecule has 2 nitrogen and oxygen atoms in total. The Labute approximate surface area is 72.3 Å². The Morgan fingerprint density at radius 3 is 2.82 bits per heavy atom. The Morgan fingerprint density at radius 1 is 1.73 bits per heavy atom. The van der Waals surface area contributed by atoms with E-state index in [-0.39, 0.29) is 11.8 Å². The van der Waals surface area contributed by atoms with Crippen LogP contribution in [0.1, 0.15) is 13.8 Å². The van der Waals surface area contributed by atoms with E-state index in [1.807, 2.05) is 0 Å². The topological polar surface area (TPSA) is 29.1 Å². The normalized spacial score (nSPS) is 11.2. The van der Waals surface area contributed by atoms with Gasteiger partial charge in [0.1, 0.15) is 0 Å². The molecular formula is C8H12ClNO. The van der Waals surface area contributed by atoms with Crippen LogP contribution < -0.4 is 5.32 Å². The van der Waals surface area contributed by atoms with Crippen LogP contribution in [0.4, 0.5) is 0 Å². The zero-order valence-corrected chi connectivity index (χ0v) is 7.53. The van der Waals surface area contributed by atoms with E-state index in [9.17, 15) is 4.79 Å². The minimum atomic E-state index is -0.129. The molecule has 0 aliphatic carbocycles. The Kier molecular flexibility index (Phi) is 5.68. The Balaban J connectivity index is 3.57. The molecule has 0 fully saturated rings. The number of carbonyl (C=O) groups is 1. The van der Waals surface area contributed by atoms with Crippen molar-refractivity contribution >= 4 is 17.5 Å². The van der Waals surface area contributed by atoms with Crippen LogP contribution in [0, 0.1) is 17.8 Å². The molecule has 0 aliphatic rings. The smallest absolute Gasteiger partial charge is 0.224 e. The van der Waals surface area contributed by atoms with Crippen molar-refractivity contribution in [2.45, 2.75) is 13.8 Å². The second-order valence-electron chi connectivity index (χ2n) is 2.20. The first-order chi connectivity index (χ1) is 5.22. The molecule has 0 aromatic carbocycles. The number of hydrogen-bond acceptors (Lipinski definition) is 1. The monoisotopic (exact) mass is 173 g/mol. The first-order valence-corrected chi connectivity index (χ1v) is 3.99. The van der Waals surface area contributed by atoms with Crippen LogP contribution in [0.2, 0.25) is 0 Å². The van der Waals surface area contributed by atoms with Crippen molar-refractivity contribution < 1.29 is 4.79 Å². The zero-order valence-electron chi connectivity index (χ0n) is 6.78. The second kappa shape index (κ2) is 6.06. The molecule has 3 heteroatoms. The fourth-order valence-corrected chi connectivity index (χ4v) is 0.604. The van der Waals surface area contributed by atoms with Gasteiger partial charge in [0.15, 0.2) is 0 Å². The molecule has 11 heavy (non-hydrogen) atoms. The summed E-state index contributed by atoms with van der Waals surface area (Å²) in [5.41, 5.74) is 0. The van der Waals surface area contributed by atoms with E-state index in [2.05, 4.69) is 17.2 Å². The predicted molar refractivity (Wildman–Crippen MR) is 46.3 cm³/mol. The lowest BCUT2D eigenvalue weighted by Crippen LogP contribution is -2.30. The standard InChI is InChI=1S/C8H12ClNO/c1-3-4-5-10-8(11)7(2)6-9/h7H,5-6H2,1-2H3,(H,10,11). The SMILES string of the molecule is CC#CCNC(=O)C(C)CCl. The average Bonchev–Trinajstić information content (AvgIpc) is 2.03. The molecule has 0 bridgehead atoms. The molecular weight excluding hydrogens is 162 g/mol. The summed E-state index contributed by atoms with van der Waals surface area (Å²) in [6, 6.07) is 0. The third kappa shape index (κ3) is 4.69. The first-order valence-electron chi connectivity index (χ1n) is 3.45. The average molecular weight is 174 g/mol. The van der Waals surface area contributed by atoms with Crippen molar-refractivity contribution in [3.63, 3.8) is 0 Å². The van der Waals surface area contributed by atoms with Crippen LogP contribution in [0.3, 0.4) is 0 Å². The molecule has 0 aliphatic heterocycles. The first kappa shape index (κ1) is 10.3. The summed E-state index contributed by atoms with van der Waals surface area (Å²) in [5, 5.41) is 2.64. The minimum Gasteiger partial charge on any atom is -0.345 e. The Hall–Kier alpha value is -0.680. The number of carbonyl (C=O) groups excluding carboxylic acids is 1. The van der Waals surface area contributed by atoms with Gasteiger partial charge in [-0.25, -0.2) is 0 Å². The van der Waals surface area contributed by atoms with Gasteiger partial charge in [-0.1, -0.05) is 12.8 Å². The fraction of sp³-hybridized carbons (Fsp3) is 0.625. The van der Waals surface area contributed by atoms with E-state index in [0.29, 0.717) is 12.4 Å². The molecule has 0 heterocycles. The number of nitrogens with one attached hydrogen (secondary N) is 1. The van der Waals surface area contributed by atoms with Gasteiger partial charge in [-0.15, -0.1) is 17.5 Å². The highest BCUT2D eigenvalue weighted by Gasteiger charge is 2.08. The molecule has 1 amide bonds. The van der Waals surface area contributed by atoms with E-state index in [1.165, 1.54) is 0 Å². The Bertz CT molecular complexity index is 180. The summed E-state index contributed by atoms with van der Waals surface area (Å²) in [5.74, 6) is 5.60. The molecule has 0 radical (unpaired) electrons. The maximum atomic E-state index is 11.0. The van der Waals surface area contributed by atoms with Crippen LogP contribution in [-0.4, -0.2) is 18.3 Å². The van der Waals surface area contributed by atoms with Crippen LogP contribution in [0.25, 0.3) is 0 Å². The summed E-state index contributed by atoms with van der Waals surface area (Å²) >= 11 is 5.46. The second-order valence-corrected chi connectivity index (χ2v) is 2.51. The minimum absolute atomic E-state index is 0.0391. The van der Waals surface area contributed by atoms with Crippen molar-refractivity contribution in [2.75, 3.05) is 12.4 Å². The summed E-state index contributed by atoms with van der Waals surface area (Å²) in [6.45, 7) is 3.93. The van der Waals surface area contributed by atoms with Gasteiger partial charge in [0.25, 0.3) is 0 Å². The van der Waals surface area contributed by atoms with E-state index < -0.39 is 0 Å². The fourth-order valence-electron chi connectivity index (χ4n) is 0.464. The lowest BCUT2D eigenvalue weighted by molar-refractivity contribution is -0.123. The van der Waals surface area contributed by atoms with Gasteiger partial charge in [0.05, 0.1) is 6.54 Å². The molecule has 1 N–H and O–H groups in total. The highest BCUT2D eigenvalue weighted by molar-refractivity contribution is 6.19. The quantitative estimate of drug-likeness (QED) is 0.501. The maximum Gasteiger partial charge on any atom is 0.224 e. The van der Waals surface area contributed by atoms with Crippen molar-refractivity contribution in [1.29, 1.82) is 0 Å². The van der Waals surface area contributed by atoms with E-state index in [4.69, 9.17) is 11.6 Å². The van der Waals surface area contributed by atoms with Gasteiger partial charge in [-0.05, 0) is 6.92 Å². The van der Waals surface area contributed by atoms with Crippen molar-refractivity contribution in [3.8, 4) is 11.8 Å². The summed E-state index contributed by atoms with van der Waals surface area (Å²) in [4.78, 5) is 11.0. The summed E-state index contributed by atoms with van der Waals surface area (Å²) in [7, 11) is 0. The van der Waals surface area contributed by atoms with Gasteiger partial charge in [-0.2, -0.15) is 0 Å². The molecule has 0 aromatic rings. The number of rotatable bonds is 3. The van der Waals surface area contributed by atoms with E-state index in [1.54, 1.807) is 13.8 Å². The number of amides is 1. The molecule has 0 spiro atoms. The van der Waals surface area contributed by atoms with Crippen LogP contribution in [0.15, 0.2) is 0 Å². The van der Waals surface area contributed by atoms with Crippen molar-refractivity contribution in [1.82, 2.24) is 5.32 Å². The maximum absolute atomic E-state index is 11.0. The number of hydrogen-bond donors (Lipinski definition) is 1. The summed E-state index contributed by atoms with van der Waals surface area (Å²) < 4.78 is 0. The van der Waals surface area contributed by atoms with Crippen molar-refractivity contribution in [3.05, 3.63) is 0 Å². The van der Waals surface area contributed by atoms with Crippen molar-refractivity contribution in [2.24, 2.45) is 5.92 Å². The highest BCUT2D eigenvalue weighted by Crippen LogP contribution is 1.96. The third-order valence-electron chi connectivity index (χ3n) is 1.21. The largest absolute Gasteiger partial charge is 0.345 e. The highest BCUT2D eigenvalue weighted by atomic mass is 35.5. The lowest BCUT2D eigenvalue weighted by atomic mass is 10.2. The lowest BCUT2D eigenvalue weighted by Gasteiger charge is -2.05. The third-order valence-corrected chi connectivity index (χ3v) is 1.67. The van der Waals surface area contributed by atoms with Gasteiger partial charge in [0.2, 0.25) is 5.91 Å². The van der Waals surface area contributed by atoms with Crippen LogP contribution >= 0.6 is 11.6 Å². The van der Waals surface area contributed by atoms with Crippen LogP contribution in [0.5, 0.6) is 0 Å². The van der Waals surface area contributed by atoms with Gasteiger partial charge < -0.3 is 5.32 Å². The molecule has 1 unspecified atom stereocenters. The molecule has 62 valence electrons.